The van der Waals surface area contributed by atoms with E-state index in [2.05, 4.69) is 34.9 Å². The van der Waals surface area contributed by atoms with E-state index in [1.807, 2.05) is 49.1 Å². The fraction of sp³-hybridized carbons (Fsp3) is 0.417. The number of nitrogens with zero attached hydrogens (tertiary/aromatic N) is 1. The SMILES string of the molecule is CC(C)C(=O)Nc1ccc(NC(=O)N2CCCC[C@@H]2CCc2ccccc2)cc1. The van der Waals surface area contributed by atoms with E-state index in [0.29, 0.717) is 0 Å². The molecule has 3 amide bonds. The highest BCUT2D eigenvalue weighted by molar-refractivity contribution is 5.93. The van der Waals surface area contributed by atoms with Gasteiger partial charge in [-0.2, -0.15) is 0 Å². The molecule has 0 aromatic heterocycles. The predicted molar refractivity (Wildman–Crippen MR) is 118 cm³/mol. The fourth-order valence-corrected chi connectivity index (χ4v) is 3.66. The third-order valence-electron chi connectivity index (χ3n) is 5.43. The van der Waals surface area contributed by atoms with Crippen LogP contribution in [-0.4, -0.2) is 29.4 Å². The second-order valence-electron chi connectivity index (χ2n) is 8.02. The first-order valence-electron chi connectivity index (χ1n) is 10.6. The van der Waals surface area contributed by atoms with Gasteiger partial charge in [-0.15, -0.1) is 0 Å². The Bertz CT molecular complexity index is 803. The molecule has 2 aromatic rings. The largest absolute Gasteiger partial charge is 0.326 e. The van der Waals surface area contributed by atoms with Crippen LogP contribution in [0.15, 0.2) is 54.6 Å². The molecule has 5 nitrogen and oxygen atoms in total. The Hall–Kier alpha value is -2.82. The summed E-state index contributed by atoms with van der Waals surface area (Å²) < 4.78 is 0. The molecule has 29 heavy (non-hydrogen) atoms. The second kappa shape index (κ2) is 10.1. The molecule has 1 aliphatic rings. The first kappa shape index (κ1) is 20.9. The topological polar surface area (TPSA) is 61.4 Å². The van der Waals surface area contributed by atoms with Gasteiger partial charge < -0.3 is 15.5 Å². The molecule has 5 heteroatoms. The zero-order valence-corrected chi connectivity index (χ0v) is 17.4. The molecular weight excluding hydrogens is 362 g/mol. The van der Waals surface area contributed by atoms with Gasteiger partial charge in [0.1, 0.15) is 0 Å². The van der Waals surface area contributed by atoms with Crippen LogP contribution < -0.4 is 10.6 Å². The van der Waals surface area contributed by atoms with E-state index in [9.17, 15) is 9.59 Å². The van der Waals surface area contributed by atoms with Gasteiger partial charge in [-0.1, -0.05) is 44.2 Å². The Balaban J connectivity index is 1.56. The van der Waals surface area contributed by atoms with E-state index in [1.54, 1.807) is 0 Å². The first-order valence-corrected chi connectivity index (χ1v) is 10.6. The maximum atomic E-state index is 12.9. The smallest absolute Gasteiger partial charge is 0.322 e. The summed E-state index contributed by atoms with van der Waals surface area (Å²) in [6, 6.07) is 18.0. The van der Waals surface area contributed by atoms with Gasteiger partial charge in [0, 0.05) is 29.9 Å². The quantitative estimate of drug-likeness (QED) is 0.699. The summed E-state index contributed by atoms with van der Waals surface area (Å²) in [5.41, 5.74) is 2.79. The van der Waals surface area contributed by atoms with E-state index >= 15 is 0 Å². The molecular formula is C24H31N3O2. The number of benzene rings is 2. The summed E-state index contributed by atoms with van der Waals surface area (Å²) in [5, 5.41) is 5.88. The first-order chi connectivity index (χ1) is 14.0. The molecule has 0 saturated carbocycles. The number of anilines is 2. The van der Waals surface area contributed by atoms with Crippen molar-refractivity contribution < 1.29 is 9.59 Å². The molecule has 1 fully saturated rings. The number of likely N-dealkylation sites (tertiary alicyclic amines) is 1. The normalized spacial score (nSPS) is 16.5. The molecule has 0 radical (unpaired) electrons. The highest BCUT2D eigenvalue weighted by Crippen LogP contribution is 2.23. The third kappa shape index (κ3) is 6.08. The van der Waals surface area contributed by atoms with Crippen molar-refractivity contribution in [2.75, 3.05) is 17.2 Å². The highest BCUT2D eigenvalue weighted by Gasteiger charge is 2.26. The minimum absolute atomic E-state index is 0.0173. The highest BCUT2D eigenvalue weighted by atomic mass is 16.2. The number of carbonyl (C=O) groups is 2. The lowest BCUT2D eigenvalue weighted by Crippen LogP contribution is -2.46. The summed E-state index contributed by atoms with van der Waals surface area (Å²) in [4.78, 5) is 26.7. The Labute approximate surface area is 173 Å². The van der Waals surface area contributed by atoms with Gasteiger partial charge in [-0.05, 0) is 61.9 Å². The minimum atomic E-state index is -0.0682. The molecule has 0 unspecified atom stereocenters. The van der Waals surface area contributed by atoms with Crippen molar-refractivity contribution in [1.29, 1.82) is 0 Å². The molecule has 0 aliphatic carbocycles. The van der Waals surface area contributed by atoms with Crippen LogP contribution >= 0.6 is 0 Å². The second-order valence-corrected chi connectivity index (χ2v) is 8.02. The average Bonchev–Trinajstić information content (AvgIpc) is 2.74. The lowest BCUT2D eigenvalue weighted by molar-refractivity contribution is -0.118. The average molecular weight is 394 g/mol. The van der Waals surface area contributed by atoms with Crippen LogP contribution in [0.25, 0.3) is 0 Å². The molecule has 2 N–H and O–H groups in total. The van der Waals surface area contributed by atoms with E-state index in [-0.39, 0.29) is 23.9 Å². The number of hydrogen-bond acceptors (Lipinski definition) is 2. The molecule has 2 aromatic carbocycles. The predicted octanol–water partition coefficient (Wildman–Crippen LogP) is 5.30. The number of piperidine rings is 1. The standard InChI is InChI=1S/C24H31N3O2/c1-18(2)23(28)25-20-12-14-21(15-13-20)26-24(29)27-17-7-6-10-22(27)16-11-19-8-4-3-5-9-19/h3-5,8-9,12-15,18,22H,6-7,10-11,16-17H2,1-2H3,(H,25,28)(H,26,29)/t22-/m1/s1. The van der Waals surface area contributed by atoms with Crippen LogP contribution in [0, 0.1) is 5.92 Å². The Morgan fingerprint density at radius 1 is 0.966 bits per heavy atom. The molecule has 1 heterocycles. The van der Waals surface area contributed by atoms with Crippen molar-refractivity contribution in [2.45, 2.75) is 52.0 Å². The van der Waals surface area contributed by atoms with Gasteiger partial charge >= 0.3 is 6.03 Å². The van der Waals surface area contributed by atoms with Crippen LogP contribution in [0.5, 0.6) is 0 Å². The van der Waals surface area contributed by atoms with E-state index in [1.165, 1.54) is 12.0 Å². The number of nitrogens with one attached hydrogen (secondary N) is 2. The van der Waals surface area contributed by atoms with Gasteiger partial charge in [0.25, 0.3) is 0 Å². The van der Waals surface area contributed by atoms with Crippen LogP contribution in [0.3, 0.4) is 0 Å². The number of rotatable bonds is 6. The van der Waals surface area contributed by atoms with E-state index in [0.717, 1.165) is 43.6 Å². The van der Waals surface area contributed by atoms with Gasteiger partial charge in [0.2, 0.25) is 5.91 Å². The third-order valence-corrected chi connectivity index (χ3v) is 5.43. The van der Waals surface area contributed by atoms with Crippen molar-refractivity contribution in [3.8, 4) is 0 Å². The maximum absolute atomic E-state index is 12.9. The van der Waals surface area contributed by atoms with Gasteiger partial charge in [-0.3, -0.25) is 4.79 Å². The van der Waals surface area contributed by atoms with Gasteiger partial charge in [-0.25, -0.2) is 4.79 Å². The summed E-state index contributed by atoms with van der Waals surface area (Å²) in [6.07, 6.45) is 5.25. The number of hydrogen-bond donors (Lipinski definition) is 2. The number of urea groups is 1. The minimum Gasteiger partial charge on any atom is -0.326 e. The van der Waals surface area contributed by atoms with Crippen molar-refractivity contribution >= 4 is 23.3 Å². The van der Waals surface area contributed by atoms with Gasteiger partial charge in [0.05, 0.1) is 0 Å². The Morgan fingerprint density at radius 2 is 1.62 bits per heavy atom. The molecule has 1 aliphatic heterocycles. The molecule has 1 saturated heterocycles. The summed E-state index contributed by atoms with van der Waals surface area (Å²) >= 11 is 0. The van der Waals surface area contributed by atoms with Crippen molar-refractivity contribution in [2.24, 2.45) is 5.92 Å². The molecule has 0 spiro atoms. The zero-order valence-electron chi connectivity index (χ0n) is 17.4. The van der Waals surface area contributed by atoms with Crippen molar-refractivity contribution in [3.63, 3.8) is 0 Å². The van der Waals surface area contributed by atoms with Crippen molar-refractivity contribution in [3.05, 3.63) is 60.2 Å². The van der Waals surface area contributed by atoms with E-state index < -0.39 is 0 Å². The summed E-state index contributed by atoms with van der Waals surface area (Å²) in [5.74, 6) is -0.0855. The molecule has 154 valence electrons. The van der Waals surface area contributed by atoms with Crippen molar-refractivity contribution in [1.82, 2.24) is 4.90 Å². The number of amides is 3. The van der Waals surface area contributed by atoms with Gasteiger partial charge in [0.15, 0.2) is 0 Å². The molecule has 3 rings (SSSR count). The maximum Gasteiger partial charge on any atom is 0.322 e. The summed E-state index contributed by atoms with van der Waals surface area (Å²) in [7, 11) is 0. The molecule has 0 bridgehead atoms. The van der Waals surface area contributed by atoms with Crippen LogP contribution in [0.4, 0.5) is 16.2 Å². The van der Waals surface area contributed by atoms with Crippen LogP contribution in [0.2, 0.25) is 0 Å². The Kier molecular flexibility index (Phi) is 7.28. The molecule has 1 atom stereocenters. The lowest BCUT2D eigenvalue weighted by atomic mass is 9.96. The monoisotopic (exact) mass is 393 g/mol. The Morgan fingerprint density at radius 3 is 2.28 bits per heavy atom. The summed E-state index contributed by atoms with van der Waals surface area (Å²) in [6.45, 7) is 4.52. The lowest BCUT2D eigenvalue weighted by Gasteiger charge is -2.36. The van der Waals surface area contributed by atoms with E-state index in [4.69, 9.17) is 0 Å². The van der Waals surface area contributed by atoms with Crippen LogP contribution in [-0.2, 0) is 11.2 Å². The van der Waals surface area contributed by atoms with Crippen LogP contribution in [0.1, 0.15) is 45.1 Å². The number of aryl methyl sites for hydroxylation is 1. The number of carbonyl (C=O) groups excluding carboxylic acids is 2. The zero-order chi connectivity index (χ0) is 20.6. The fourth-order valence-electron chi connectivity index (χ4n) is 3.66.